The van der Waals surface area contributed by atoms with Gasteiger partial charge in [0.05, 0.1) is 5.69 Å². The second-order valence-corrected chi connectivity index (χ2v) is 9.03. The van der Waals surface area contributed by atoms with Crippen LogP contribution in [0.15, 0.2) is 46.2 Å². The molecule has 4 aromatic rings. The van der Waals surface area contributed by atoms with Gasteiger partial charge in [0.2, 0.25) is 0 Å². The molecule has 0 unspecified atom stereocenters. The molecule has 0 N–H and O–H groups in total. The van der Waals surface area contributed by atoms with Crippen molar-refractivity contribution in [2.45, 2.75) is 24.8 Å². The molecule has 0 aliphatic rings. The van der Waals surface area contributed by atoms with Gasteiger partial charge in [-0.3, -0.25) is 0 Å². The molecule has 0 atom stereocenters. The lowest BCUT2D eigenvalue weighted by Gasteiger charge is -2.01. The quantitative estimate of drug-likeness (QED) is 0.412. The first-order valence-electron chi connectivity index (χ1n) is 8.19. The van der Waals surface area contributed by atoms with Crippen LogP contribution < -0.4 is 0 Å². The van der Waals surface area contributed by atoms with E-state index in [4.69, 9.17) is 4.98 Å². The first kappa shape index (κ1) is 17.5. The fourth-order valence-corrected chi connectivity index (χ4v) is 5.08. The van der Waals surface area contributed by atoms with Crippen LogP contribution in [-0.4, -0.2) is 19.7 Å². The highest BCUT2D eigenvalue weighted by atomic mass is 32.2. The summed E-state index contributed by atoms with van der Waals surface area (Å²) >= 11 is 5.09. The summed E-state index contributed by atoms with van der Waals surface area (Å²) in [6.45, 7) is 4.21. The van der Waals surface area contributed by atoms with Gasteiger partial charge in [0.1, 0.15) is 5.01 Å². The Labute approximate surface area is 165 Å². The normalized spacial score (nSPS) is 11.2. The number of aromatic nitrogens is 4. The third-order valence-electron chi connectivity index (χ3n) is 3.99. The van der Waals surface area contributed by atoms with E-state index in [-0.39, 0.29) is 0 Å². The third-order valence-corrected chi connectivity index (χ3v) is 6.84. The van der Waals surface area contributed by atoms with E-state index >= 15 is 0 Å². The Balaban J connectivity index is 1.48. The summed E-state index contributed by atoms with van der Waals surface area (Å²) in [4.78, 5) is 6.06. The van der Waals surface area contributed by atoms with Crippen molar-refractivity contribution in [2.24, 2.45) is 7.05 Å². The Bertz CT molecular complexity index is 1040. The highest BCUT2D eigenvalue weighted by molar-refractivity contribution is 7.98. The molecule has 0 saturated heterocycles. The zero-order valence-corrected chi connectivity index (χ0v) is 17.2. The van der Waals surface area contributed by atoms with Crippen molar-refractivity contribution in [3.63, 3.8) is 0 Å². The van der Waals surface area contributed by atoms with Gasteiger partial charge < -0.3 is 4.57 Å². The zero-order valence-electron chi connectivity index (χ0n) is 14.8. The summed E-state index contributed by atoms with van der Waals surface area (Å²) in [6, 6.07) is 10.6. The molecular weight excluding hydrogens is 380 g/mol. The monoisotopic (exact) mass is 398 g/mol. The SMILES string of the molecule is Cc1cccc(-c2nc(CSc3nnc(-c4csc(C)c4)n3C)cs2)c1. The van der Waals surface area contributed by atoms with Crippen molar-refractivity contribution < 1.29 is 0 Å². The van der Waals surface area contributed by atoms with Crippen molar-refractivity contribution in [1.29, 1.82) is 0 Å². The molecule has 0 radical (unpaired) electrons. The van der Waals surface area contributed by atoms with Gasteiger partial charge in [-0.15, -0.1) is 32.9 Å². The minimum absolute atomic E-state index is 0.789. The number of thiazole rings is 1. The van der Waals surface area contributed by atoms with Crippen LogP contribution in [0.3, 0.4) is 0 Å². The average molecular weight is 399 g/mol. The largest absolute Gasteiger partial charge is 0.305 e. The number of nitrogens with zero attached hydrogens (tertiary/aromatic N) is 4. The van der Waals surface area contributed by atoms with Gasteiger partial charge in [-0.1, -0.05) is 35.5 Å². The molecule has 1 aromatic carbocycles. The number of hydrogen-bond donors (Lipinski definition) is 0. The summed E-state index contributed by atoms with van der Waals surface area (Å²) < 4.78 is 2.06. The van der Waals surface area contributed by atoms with E-state index in [0.717, 1.165) is 33.0 Å². The summed E-state index contributed by atoms with van der Waals surface area (Å²) in [5, 5.41) is 14.9. The third kappa shape index (κ3) is 3.60. The smallest absolute Gasteiger partial charge is 0.191 e. The maximum absolute atomic E-state index is 4.78. The number of thiophene rings is 1. The van der Waals surface area contributed by atoms with Crippen LogP contribution in [0.2, 0.25) is 0 Å². The lowest BCUT2D eigenvalue weighted by Crippen LogP contribution is -1.94. The first-order chi connectivity index (χ1) is 12.6. The predicted molar refractivity (Wildman–Crippen MR) is 111 cm³/mol. The number of hydrogen-bond acceptors (Lipinski definition) is 6. The predicted octanol–water partition coefficient (Wildman–Crippen LogP) is 5.58. The van der Waals surface area contributed by atoms with Gasteiger partial charge in [-0.2, -0.15) is 0 Å². The van der Waals surface area contributed by atoms with Crippen LogP contribution >= 0.6 is 34.4 Å². The second-order valence-electron chi connectivity index (χ2n) is 6.11. The Kier molecular flexibility index (Phi) is 4.93. The fourth-order valence-electron chi connectivity index (χ4n) is 2.68. The van der Waals surface area contributed by atoms with E-state index in [1.54, 1.807) is 34.4 Å². The molecule has 4 nitrogen and oxygen atoms in total. The first-order valence-corrected chi connectivity index (χ1v) is 10.9. The van der Waals surface area contributed by atoms with Crippen LogP contribution in [0.1, 0.15) is 16.1 Å². The molecule has 0 saturated carbocycles. The molecule has 0 aliphatic carbocycles. The van der Waals surface area contributed by atoms with E-state index < -0.39 is 0 Å². The van der Waals surface area contributed by atoms with Crippen molar-refractivity contribution in [3.8, 4) is 22.0 Å². The maximum atomic E-state index is 4.78. The van der Waals surface area contributed by atoms with Gasteiger partial charge in [-0.25, -0.2) is 4.98 Å². The summed E-state index contributed by atoms with van der Waals surface area (Å²) in [5.74, 6) is 1.70. The Morgan fingerprint density at radius 1 is 1.04 bits per heavy atom. The average Bonchev–Trinajstić information content (AvgIpc) is 3.33. The molecule has 0 spiro atoms. The lowest BCUT2D eigenvalue weighted by atomic mass is 10.1. The van der Waals surface area contributed by atoms with Crippen molar-refractivity contribution in [1.82, 2.24) is 19.7 Å². The molecular formula is C19H18N4S3. The molecule has 7 heteroatoms. The molecule has 132 valence electrons. The zero-order chi connectivity index (χ0) is 18.1. The topological polar surface area (TPSA) is 43.6 Å². The van der Waals surface area contributed by atoms with E-state index in [0.29, 0.717) is 0 Å². The van der Waals surface area contributed by atoms with Gasteiger partial charge in [0.15, 0.2) is 11.0 Å². The van der Waals surface area contributed by atoms with Crippen molar-refractivity contribution >= 4 is 34.4 Å². The fraction of sp³-hybridized carbons (Fsp3) is 0.211. The standard InChI is InChI=1S/C19H18N4S3/c1-12-5-4-6-14(7-12)18-20-16(10-25-18)11-26-19-22-21-17(23(19)3)15-8-13(2)24-9-15/h4-10H,11H2,1-3H3. The molecule has 3 aromatic heterocycles. The van der Waals surface area contributed by atoms with Crippen LogP contribution in [0.4, 0.5) is 0 Å². The minimum Gasteiger partial charge on any atom is -0.305 e. The van der Waals surface area contributed by atoms with Crippen LogP contribution in [0, 0.1) is 13.8 Å². The second kappa shape index (κ2) is 7.34. The van der Waals surface area contributed by atoms with Crippen molar-refractivity contribution in [3.05, 3.63) is 57.2 Å². The van der Waals surface area contributed by atoms with E-state index in [1.165, 1.54) is 16.0 Å². The van der Waals surface area contributed by atoms with Crippen LogP contribution in [0.5, 0.6) is 0 Å². The molecule has 4 rings (SSSR count). The Morgan fingerprint density at radius 2 is 1.92 bits per heavy atom. The van der Waals surface area contributed by atoms with E-state index in [1.807, 2.05) is 7.05 Å². The highest BCUT2D eigenvalue weighted by Gasteiger charge is 2.13. The minimum atomic E-state index is 0.789. The summed E-state index contributed by atoms with van der Waals surface area (Å²) in [6.07, 6.45) is 0. The molecule has 0 aliphatic heterocycles. The molecule has 0 amide bonds. The van der Waals surface area contributed by atoms with Crippen LogP contribution in [-0.2, 0) is 12.8 Å². The van der Waals surface area contributed by atoms with Gasteiger partial charge in [0, 0.05) is 39.6 Å². The lowest BCUT2D eigenvalue weighted by molar-refractivity contribution is 0.793. The molecule has 26 heavy (non-hydrogen) atoms. The number of rotatable bonds is 5. The van der Waals surface area contributed by atoms with Gasteiger partial charge >= 0.3 is 0 Å². The molecule has 0 bridgehead atoms. The number of aryl methyl sites for hydroxylation is 2. The Morgan fingerprint density at radius 3 is 2.69 bits per heavy atom. The number of thioether (sulfide) groups is 1. The summed E-state index contributed by atoms with van der Waals surface area (Å²) in [5.41, 5.74) is 4.64. The molecule has 3 heterocycles. The maximum Gasteiger partial charge on any atom is 0.191 e. The Hall–Kier alpha value is -1.96. The van der Waals surface area contributed by atoms with Crippen molar-refractivity contribution in [2.75, 3.05) is 0 Å². The summed E-state index contributed by atoms with van der Waals surface area (Å²) in [7, 11) is 2.02. The molecule has 0 fully saturated rings. The van der Waals surface area contributed by atoms with Gasteiger partial charge in [0.25, 0.3) is 0 Å². The van der Waals surface area contributed by atoms with E-state index in [9.17, 15) is 0 Å². The van der Waals surface area contributed by atoms with Gasteiger partial charge in [-0.05, 0) is 26.0 Å². The van der Waals surface area contributed by atoms with E-state index in [2.05, 4.69) is 69.7 Å². The van der Waals surface area contributed by atoms with Crippen LogP contribution in [0.25, 0.3) is 22.0 Å². The highest BCUT2D eigenvalue weighted by Crippen LogP contribution is 2.30. The number of benzene rings is 1.